The highest BCUT2D eigenvalue weighted by Crippen LogP contribution is 2.30. The van der Waals surface area contributed by atoms with Crippen molar-refractivity contribution >= 4 is 11.6 Å². The number of halogens is 1. The highest BCUT2D eigenvalue weighted by molar-refractivity contribution is 6.32. The van der Waals surface area contributed by atoms with Crippen LogP contribution in [0.1, 0.15) is 31.4 Å². The molecule has 0 saturated carbocycles. The molecule has 0 spiro atoms. The maximum absolute atomic E-state index is 6.29. The van der Waals surface area contributed by atoms with E-state index in [0.29, 0.717) is 10.8 Å². The van der Waals surface area contributed by atoms with E-state index in [-0.39, 0.29) is 0 Å². The van der Waals surface area contributed by atoms with Gasteiger partial charge in [-0.05, 0) is 48.4 Å². The average molecular weight is 304 g/mol. The number of rotatable bonds is 7. The third kappa shape index (κ3) is 4.76. The maximum Gasteiger partial charge on any atom is 0.146 e. The monoisotopic (exact) mass is 303 g/mol. The number of hydrogen-bond donors (Lipinski definition) is 1. The van der Waals surface area contributed by atoms with Crippen molar-refractivity contribution in [1.82, 2.24) is 5.32 Å². The summed E-state index contributed by atoms with van der Waals surface area (Å²) in [5.74, 6) is 1.51. The lowest BCUT2D eigenvalue weighted by atomic mass is 10.1. The van der Waals surface area contributed by atoms with Gasteiger partial charge in [0.1, 0.15) is 11.5 Å². The van der Waals surface area contributed by atoms with Gasteiger partial charge >= 0.3 is 0 Å². The first-order valence-corrected chi connectivity index (χ1v) is 7.86. The minimum atomic E-state index is 0.642. The van der Waals surface area contributed by atoms with Crippen LogP contribution in [-0.4, -0.2) is 6.54 Å². The van der Waals surface area contributed by atoms with Crippen molar-refractivity contribution in [3.63, 3.8) is 0 Å². The second kappa shape index (κ2) is 8.06. The first-order chi connectivity index (χ1) is 10.2. The highest BCUT2D eigenvalue weighted by atomic mass is 35.5. The summed E-state index contributed by atoms with van der Waals surface area (Å²) in [6, 6.07) is 14.1. The first-order valence-electron chi connectivity index (χ1n) is 7.49. The fourth-order valence-electron chi connectivity index (χ4n) is 2.15. The molecule has 0 saturated heterocycles. The molecule has 2 rings (SSSR count). The maximum atomic E-state index is 6.29. The van der Waals surface area contributed by atoms with Gasteiger partial charge in [-0.2, -0.15) is 0 Å². The molecule has 0 radical (unpaired) electrons. The van der Waals surface area contributed by atoms with Crippen LogP contribution in [0.15, 0.2) is 42.5 Å². The second-order valence-corrected chi connectivity index (χ2v) is 5.45. The molecule has 1 N–H and O–H groups in total. The van der Waals surface area contributed by atoms with E-state index in [1.807, 2.05) is 30.3 Å². The van der Waals surface area contributed by atoms with E-state index in [1.54, 1.807) is 0 Å². The van der Waals surface area contributed by atoms with Crippen molar-refractivity contribution in [2.75, 3.05) is 6.54 Å². The molecule has 0 bridgehead atoms. The van der Waals surface area contributed by atoms with Crippen LogP contribution in [0.2, 0.25) is 5.02 Å². The standard InChI is InChI=1S/C18H22ClNO/c1-3-5-14-6-9-16(10-7-14)21-18-11-8-15(12-17(18)19)13-20-4-2/h6-12,20H,3-5,13H2,1-2H3. The van der Waals surface area contributed by atoms with Crippen LogP contribution < -0.4 is 10.1 Å². The summed E-state index contributed by atoms with van der Waals surface area (Å²) in [6.45, 7) is 6.03. The smallest absolute Gasteiger partial charge is 0.146 e. The molecule has 2 nitrogen and oxygen atoms in total. The molecule has 3 heteroatoms. The molecule has 2 aromatic carbocycles. The predicted octanol–water partition coefficient (Wildman–Crippen LogP) is 5.19. The van der Waals surface area contributed by atoms with E-state index in [1.165, 1.54) is 5.56 Å². The molecule has 2 aromatic rings. The molecule has 0 aromatic heterocycles. The van der Waals surface area contributed by atoms with E-state index in [4.69, 9.17) is 16.3 Å². The molecule has 0 atom stereocenters. The van der Waals surface area contributed by atoms with Crippen molar-refractivity contribution in [3.05, 3.63) is 58.6 Å². The summed E-state index contributed by atoms with van der Waals surface area (Å²) < 4.78 is 5.85. The summed E-state index contributed by atoms with van der Waals surface area (Å²) in [5, 5.41) is 3.92. The average Bonchev–Trinajstić information content (AvgIpc) is 2.50. The molecular weight excluding hydrogens is 282 g/mol. The van der Waals surface area contributed by atoms with E-state index < -0.39 is 0 Å². The Morgan fingerprint density at radius 2 is 1.71 bits per heavy atom. The van der Waals surface area contributed by atoms with Crippen molar-refractivity contribution in [2.24, 2.45) is 0 Å². The van der Waals surface area contributed by atoms with Gasteiger partial charge in [0.2, 0.25) is 0 Å². The molecule has 112 valence electrons. The lowest BCUT2D eigenvalue weighted by molar-refractivity contribution is 0.482. The Bertz CT molecular complexity index is 566. The Hall–Kier alpha value is -1.51. The molecule has 0 unspecified atom stereocenters. The largest absolute Gasteiger partial charge is 0.456 e. The van der Waals surface area contributed by atoms with Gasteiger partial charge in [-0.3, -0.25) is 0 Å². The van der Waals surface area contributed by atoms with Crippen molar-refractivity contribution in [2.45, 2.75) is 33.2 Å². The lowest BCUT2D eigenvalue weighted by Gasteiger charge is -2.10. The van der Waals surface area contributed by atoms with Crippen LogP contribution >= 0.6 is 11.6 Å². The Morgan fingerprint density at radius 1 is 1.00 bits per heavy atom. The van der Waals surface area contributed by atoms with Crippen molar-refractivity contribution in [1.29, 1.82) is 0 Å². The van der Waals surface area contributed by atoms with Crippen LogP contribution in [0, 0.1) is 0 Å². The van der Waals surface area contributed by atoms with Gasteiger partial charge in [-0.15, -0.1) is 0 Å². The summed E-state index contributed by atoms with van der Waals surface area (Å²) in [4.78, 5) is 0. The van der Waals surface area contributed by atoms with E-state index in [0.717, 1.165) is 37.2 Å². The fourth-order valence-corrected chi connectivity index (χ4v) is 2.39. The summed E-state index contributed by atoms with van der Waals surface area (Å²) in [6.07, 6.45) is 2.25. The molecule has 0 heterocycles. The highest BCUT2D eigenvalue weighted by Gasteiger charge is 2.05. The molecule has 0 amide bonds. The SMILES string of the molecule is CCCc1ccc(Oc2ccc(CNCC)cc2Cl)cc1. The zero-order valence-electron chi connectivity index (χ0n) is 12.7. The van der Waals surface area contributed by atoms with Gasteiger partial charge in [0, 0.05) is 6.54 Å². The second-order valence-electron chi connectivity index (χ2n) is 5.04. The van der Waals surface area contributed by atoms with Crippen LogP contribution in [0.25, 0.3) is 0 Å². The summed E-state index contributed by atoms with van der Waals surface area (Å²) in [7, 11) is 0. The van der Waals surface area contributed by atoms with Crippen LogP contribution in [0.5, 0.6) is 11.5 Å². The van der Waals surface area contributed by atoms with E-state index in [9.17, 15) is 0 Å². The third-order valence-corrected chi connectivity index (χ3v) is 3.56. The number of hydrogen-bond acceptors (Lipinski definition) is 2. The normalized spacial score (nSPS) is 10.6. The zero-order valence-corrected chi connectivity index (χ0v) is 13.4. The Balaban J connectivity index is 2.05. The van der Waals surface area contributed by atoms with Crippen molar-refractivity contribution in [3.8, 4) is 11.5 Å². The molecule has 0 aliphatic heterocycles. The molecular formula is C18H22ClNO. The minimum Gasteiger partial charge on any atom is -0.456 e. The van der Waals surface area contributed by atoms with Crippen LogP contribution in [0.4, 0.5) is 0 Å². The fraction of sp³-hybridized carbons (Fsp3) is 0.333. The van der Waals surface area contributed by atoms with Crippen LogP contribution in [-0.2, 0) is 13.0 Å². The summed E-state index contributed by atoms with van der Waals surface area (Å²) >= 11 is 6.29. The number of benzene rings is 2. The van der Waals surface area contributed by atoms with Gasteiger partial charge in [0.15, 0.2) is 0 Å². The first kappa shape index (κ1) is 15.9. The van der Waals surface area contributed by atoms with Gasteiger partial charge < -0.3 is 10.1 Å². The molecule has 0 aliphatic rings. The van der Waals surface area contributed by atoms with Crippen LogP contribution in [0.3, 0.4) is 0 Å². The molecule has 0 fully saturated rings. The summed E-state index contributed by atoms with van der Waals surface area (Å²) in [5.41, 5.74) is 2.49. The van der Waals surface area contributed by atoms with E-state index >= 15 is 0 Å². The topological polar surface area (TPSA) is 21.3 Å². The van der Waals surface area contributed by atoms with Gasteiger partial charge in [0.05, 0.1) is 5.02 Å². The Morgan fingerprint density at radius 3 is 2.33 bits per heavy atom. The zero-order chi connectivity index (χ0) is 15.1. The number of nitrogens with one attached hydrogen (secondary N) is 1. The Kier molecular flexibility index (Phi) is 6.09. The minimum absolute atomic E-state index is 0.642. The lowest BCUT2D eigenvalue weighted by Crippen LogP contribution is -2.11. The van der Waals surface area contributed by atoms with Gasteiger partial charge in [-0.25, -0.2) is 0 Å². The number of aryl methyl sites for hydroxylation is 1. The number of ether oxygens (including phenoxy) is 1. The van der Waals surface area contributed by atoms with Gasteiger partial charge in [0.25, 0.3) is 0 Å². The Labute approximate surface area is 132 Å². The van der Waals surface area contributed by atoms with Gasteiger partial charge in [-0.1, -0.05) is 50.1 Å². The predicted molar refractivity (Wildman–Crippen MR) is 89.3 cm³/mol. The quantitative estimate of drug-likeness (QED) is 0.759. The molecule has 21 heavy (non-hydrogen) atoms. The molecule has 0 aliphatic carbocycles. The van der Waals surface area contributed by atoms with Crippen molar-refractivity contribution < 1.29 is 4.74 Å². The third-order valence-electron chi connectivity index (χ3n) is 3.27. The van der Waals surface area contributed by atoms with E-state index in [2.05, 4.69) is 31.3 Å².